The summed E-state index contributed by atoms with van der Waals surface area (Å²) in [4.78, 5) is 0. The molecule has 0 spiro atoms. The zero-order valence-corrected chi connectivity index (χ0v) is 8.71. The summed E-state index contributed by atoms with van der Waals surface area (Å²) < 4.78 is 18.4. The first-order valence-electron chi connectivity index (χ1n) is 5.37. The first kappa shape index (κ1) is 10.4. The van der Waals surface area contributed by atoms with Crippen molar-refractivity contribution in [2.24, 2.45) is 5.92 Å². The molecule has 1 saturated carbocycles. The smallest absolute Gasteiger partial charge is 0.125 e. The molecule has 0 saturated heterocycles. The maximum Gasteiger partial charge on any atom is 0.125 e. The third kappa shape index (κ3) is 3.51. The molecule has 0 bridgehead atoms. The lowest BCUT2D eigenvalue weighted by atomic mass is 10.2. The van der Waals surface area contributed by atoms with E-state index in [9.17, 15) is 4.39 Å². The molecule has 1 fully saturated rings. The van der Waals surface area contributed by atoms with Crippen LogP contribution in [-0.4, -0.2) is 6.61 Å². The highest BCUT2D eigenvalue weighted by Crippen LogP contribution is 2.32. The lowest BCUT2D eigenvalue weighted by Crippen LogP contribution is -1.98. The maximum atomic E-state index is 12.9. The summed E-state index contributed by atoms with van der Waals surface area (Å²) in [6, 6.07) is 4.53. The van der Waals surface area contributed by atoms with Gasteiger partial charge in [0.2, 0.25) is 0 Å². The standard InChI is InChI=1S/C12H16FNO/c13-11-5-10(6-12(14)7-11)8-15-4-3-9-1-2-9/h5-7,9H,1-4,8,14H2. The summed E-state index contributed by atoms with van der Waals surface area (Å²) in [5.41, 5.74) is 6.79. The number of ether oxygens (including phenoxy) is 1. The Labute approximate surface area is 89.2 Å². The number of nitrogens with two attached hydrogens (primary N) is 1. The van der Waals surface area contributed by atoms with E-state index < -0.39 is 0 Å². The van der Waals surface area contributed by atoms with Crippen molar-refractivity contribution in [2.45, 2.75) is 25.9 Å². The van der Waals surface area contributed by atoms with Crippen LogP contribution in [0.4, 0.5) is 10.1 Å². The van der Waals surface area contributed by atoms with Crippen LogP contribution < -0.4 is 5.73 Å². The van der Waals surface area contributed by atoms with Gasteiger partial charge in [0.1, 0.15) is 5.82 Å². The number of hydrogen-bond acceptors (Lipinski definition) is 2. The van der Waals surface area contributed by atoms with Crippen LogP contribution in [0.1, 0.15) is 24.8 Å². The zero-order valence-electron chi connectivity index (χ0n) is 8.71. The highest BCUT2D eigenvalue weighted by Gasteiger charge is 2.20. The summed E-state index contributed by atoms with van der Waals surface area (Å²) in [6.07, 6.45) is 3.82. The second kappa shape index (κ2) is 4.62. The van der Waals surface area contributed by atoms with Gasteiger partial charge in [0.05, 0.1) is 6.61 Å². The molecule has 3 heteroatoms. The van der Waals surface area contributed by atoms with Crippen molar-refractivity contribution in [2.75, 3.05) is 12.3 Å². The Morgan fingerprint density at radius 1 is 1.33 bits per heavy atom. The van der Waals surface area contributed by atoms with Gasteiger partial charge in [-0.3, -0.25) is 0 Å². The van der Waals surface area contributed by atoms with Crippen LogP contribution >= 0.6 is 0 Å². The van der Waals surface area contributed by atoms with E-state index in [-0.39, 0.29) is 5.82 Å². The van der Waals surface area contributed by atoms with Gasteiger partial charge in [-0.25, -0.2) is 4.39 Å². The SMILES string of the molecule is Nc1cc(F)cc(COCCC2CC2)c1. The minimum absolute atomic E-state index is 0.296. The molecular weight excluding hydrogens is 193 g/mol. The van der Waals surface area contributed by atoms with Crippen molar-refractivity contribution in [3.63, 3.8) is 0 Å². The highest BCUT2D eigenvalue weighted by atomic mass is 19.1. The number of rotatable bonds is 5. The molecule has 15 heavy (non-hydrogen) atoms. The minimum atomic E-state index is -0.296. The summed E-state index contributed by atoms with van der Waals surface area (Å²) in [7, 11) is 0. The minimum Gasteiger partial charge on any atom is -0.399 e. The van der Waals surface area contributed by atoms with Crippen molar-refractivity contribution >= 4 is 5.69 Å². The van der Waals surface area contributed by atoms with E-state index in [1.165, 1.54) is 25.0 Å². The lowest BCUT2D eigenvalue weighted by molar-refractivity contribution is 0.115. The van der Waals surface area contributed by atoms with Crippen molar-refractivity contribution in [1.82, 2.24) is 0 Å². The summed E-state index contributed by atoms with van der Waals surface area (Å²) in [5, 5.41) is 0. The van der Waals surface area contributed by atoms with Crippen molar-refractivity contribution in [3.05, 3.63) is 29.6 Å². The van der Waals surface area contributed by atoms with Gasteiger partial charge in [-0.2, -0.15) is 0 Å². The number of halogens is 1. The molecule has 1 aromatic rings. The number of nitrogen functional groups attached to an aromatic ring is 1. The van der Waals surface area contributed by atoms with Gasteiger partial charge in [-0.05, 0) is 36.1 Å². The number of hydrogen-bond donors (Lipinski definition) is 1. The van der Waals surface area contributed by atoms with E-state index in [4.69, 9.17) is 10.5 Å². The zero-order chi connectivity index (χ0) is 10.7. The Morgan fingerprint density at radius 3 is 2.80 bits per heavy atom. The fraction of sp³-hybridized carbons (Fsp3) is 0.500. The van der Waals surface area contributed by atoms with Crippen LogP contribution in [0.25, 0.3) is 0 Å². The van der Waals surface area contributed by atoms with Gasteiger partial charge < -0.3 is 10.5 Å². The number of benzene rings is 1. The summed E-state index contributed by atoms with van der Waals surface area (Å²) in [6.45, 7) is 1.22. The van der Waals surface area contributed by atoms with Crippen molar-refractivity contribution < 1.29 is 9.13 Å². The quantitative estimate of drug-likeness (QED) is 0.597. The molecule has 0 radical (unpaired) electrons. The van der Waals surface area contributed by atoms with Crippen LogP contribution in [0, 0.1) is 11.7 Å². The Kier molecular flexibility index (Phi) is 3.21. The predicted molar refractivity (Wildman–Crippen MR) is 57.8 cm³/mol. The molecule has 0 aliphatic heterocycles. The molecule has 1 aromatic carbocycles. The van der Waals surface area contributed by atoms with Crippen LogP contribution in [0.15, 0.2) is 18.2 Å². The van der Waals surface area contributed by atoms with Crippen molar-refractivity contribution in [1.29, 1.82) is 0 Å². The molecule has 0 unspecified atom stereocenters. The van der Waals surface area contributed by atoms with E-state index in [0.717, 1.165) is 24.5 Å². The number of anilines is 1. The first-order chi connectivity index (χ1) is 7.24. The molecule has 0 atom stereocenters. The van der Waals surface area contributed by atoms with E-state index in [1.54, 1.807) is 6.07 Å². The monoisotopic (exact) mass is 209 g/mol. The first-order valence-corrected chi connectivity index (χ1v) is 5.37. The summed E-state index contributed by atoms with van der Waals surface area (Å²) >= 11 is 0. The van der Waals surface area contributed by atoms with Gasteiger partial charge in [0, 0.05) is 12.3 Å². The van der Waals surface area contributed by atoms with Crippen LogP contribution in [0.3, 0.4) is 0 Å². The Hall–Kier alpha value is -1.09. The molecular formula is C12H16FNO. The Morgan fingerprint density at radius 2 is 2.13 bits per heavy atom. The average Bonchev–Trinajstić information content (AvgIpc) is 2.94. The molecule has 2 nitrogen and oxygen atoms in total. The van der Waals surface area contributed by atoms with Gasteiger partial charge in [0.25, 0.3) is 0 Å². The predicted octanol–water partition coefficient (Wildman–Crippen LogP) is 2.72. The Balaban J connectivity index is 1.76. The largest absolute Gasteiger partial charge is 0.399 e. The maximum absolute atomic E-state index is 12.9. The van der Waals surface area contributed by atoms with E-state index in [2.05, 4.69) is 0 Å². The van der Waals surface area contributed by atoms with Crippen LogP contribution in [0.2, 0.25) is 0 Å². The fourth-order valence-corrected chi connectivity index (χ4v) is 1.61. The average molecular weight is 209 g/mol. The van der Waals surface area contributed by atoms with Gasteiger partial charge >= 0.3 is 0 Å². The molecule has 0 aromatic heterocycles. The highest BCUT2D eigenvalue weighted by molar-refractivity contribution is 5.41. The second-order valence-electron chi connectivity index (χ2n) is 4.18. The van der Waals surface area contributed by atoms with E-state index in [0.29, 0.717) is 12.3 Å². The normalized spacial score (nSPS) is 15.5. The van der Waals surface area contributed by atoms with Gasteiger partial charge in [-0.1, -0.05) is 12.8 Å². The van der Waals surface area contributed by atoms with Gasteiger partial charge in [-0.15, -0.1) is 0 Å². The molecule has 1 aliphatic rings. The molecule has 2 rings (SSSR count). The van der Waals surface area contributed by atoms with Crippen molar-refractivity contribution in [3.8, 4) is 0 Å². The molecule has 0 heterocycles. The molecule has 0 amide bonds. The fourth-order valence-electron chi connectivity index (χ4n) is 1.61. The van der Waals surface area contributed by atoms with E-state index >= 15 is 0 Å². The van der Waals surface area contributed by atoms with Gasteiger partial charge in [0.15, 0.2) is 0 Å². The lowest BCUT2D eigenvalue weighted by Gasteiger charge is -2.05. The molecule has 82 valence electrons. The Bertz CT molecular complexity index is 316. The summed E-state index contributed by atoms with van der Waals surface area (Å²) in [5.74, 6) is 0.582. The van der Waals surface area contributed by atoms with E-state index in [1.807, 2.05) is 0 Å². The topological polar surface area (TPSA) is 35.2 Å². The third-order valence-electron chi connectivity index (χ3n) is 2.62. The third-order valence-corrected chi connectivity index (χ3v) is 2.62. The second-order valence-corrected chi connectivity index (χ2v) is 4.18. The molecule has 1 aliphatic carbocycles. The molecule has 2 N–H and O–H groups in total. The van der Waals surface area contributed by atoms with Crippen LogP contribution in [0.5, 0.6) is 0 Å². The van der Waals surface area contributed by atoms with Crippen LogP contribution in [-0.2, 0) is 11.3 Å².